The maximum absolute atomic E-state index is 14.4. The van der Waals surface area contributed by atoms with Crippen LogP contribution in [0, 0.1) is 12.8 Å². The number of rotatable bonds is 25. The summed E-state index contributed by atoms with van der Waals surface area (Å²) in [5.41, 5.74) is 3.06. The molecule has 2 saturated heterocycles. The number of nitrogens with zero attached hydrogens (tertiary/aromatic N) is 7. The number of ether oxygens (including phenoxy) is 5. The largest absolute Gasteiger partial charge is 0.489 e. The lowest BCUT2D eigenvalue weighted by Gasteiger charge is -2.39. The van der Waals surface area contributed by atoms with E-state index in [-0.39, 0.29) is 42.2 Å². The zero-order chi connectivity index (χ0) is 51.1. The molecule has 0 radical (unpaired) electrons. The van der Waals surface area contributed by atoms with Gasteiger partial charge in [-0.2, -0.15) is 0 Å². The van der Waals surface area contributed by atoms with Gasteiger partial charge in [0.2, 0.25) is 17.7 Å². The van der Waals surface area contributed by atoms with Crippen molar-refractivity contribution in [2.75, 3.05) is 106 Å². The van der Waals surface area contributed by atoms with Crippen molar-refractivity contribution in [3.05, 3.63) is 71.1 Å². The number of para-hydroxylation sites is 1. The zero-order valence-corrected chi connectivity index (χ0v) is 43.7. The molecule has 1 aromatic carbocycles. The van der Waals surface area contributed by atoms with Gasteiger partial charge < -0.3 is 58.1 Å². The standard InChI is InChI=1S/C53H73N9O10S/c1-37-42-12-8-9-13-44(42)62(49(37)53(66)61-23-21-60(22-24-61)52(65)48(39-10-6-5-7-11-39)56-51(64)38(2)54-3)36-47(63)58(4)25-26-67-27-28-68-29-30-69-31-32-70-46-34-41(72-57-46)35-59-19-15-40(16-20-59)71-45-14-18-55-43-17-33-73-50(43)45/h8-9,12-14,17-18,33-34,38-40,48,54H,5-7,10-11,15-16,19-32,35-36H2,1-4H3,(H,56,64)/t38-,48?/m0/s1. The van der Waals surface area contributed by atoms with Gasteiger partial charge in [-0.3, -0.25) is 29.1 Å². The van der Waals surface area contributed by atoms with Gasteiger partial charge in [-0.05, 0) is 86.8 Å². The molecule has 6 heterocycles. The summed E-state index contributed by atoms with van der Waals surface area (Å²) >= 11 is 1.66. The second kappa shape index (κ2) is 26.5. The van der Waals surface area contributed by atoms with E-state index in [1.807, 2.05) is 59.3 Å². The molecule has 0 spiro atoms. The Bertz CT molecular complexity index is 2580. The Hall–Kier alpha value is -5.64. The molecule has 396 valence electrons. The molecule has 1 unspecified atom stereocenters. The number of benzene rings is 1. The Morgan fingerprint density at radius 1 is 0.863 bits per heavy atom. The van der Waals surface area contributed by atoms with Gasteiger partial charge in [0.1, 0.15) is 36.7 Å². The van der Waals surface area contributed by atoms with E-state index in [4.69, 9.17) is 28.2 Å². The van der Waals surface area contributed by atoms with Crippen molar-refractivity contribution in [3.8, 4) is 11.6 Å². The van der Waals surface area contributed by atoms with Gasteiger partial charge in [-0.1, -0.05) is 37.5 Å². The number of nitrogens with one attached hydrogen (secondary N) is 2. The van der Waals surface area contributed by atoms with Crippen molar-refractivity contribution in [3.63, 3.8) is 0 Å². The van der Waals surface area contributed by atoms with E-state index in [1.54, 1.807) is 53.3 Å². The number of pyridine rings is 1. The molecule has 1 aliphatic carbocycles. The fourth-order valence-corrected chi connectivity index (χ4v) is 10.8. The van der Waals surface area contributed by atoms with Crippen LogP contribution in [-0.4, -0.2) is 182 Å². The van der Waals surface area contributed by atoms with Crippen LogP contribution in [0.1, 0.15) is 73.7 Å². The number of piperazine rings is 1. The molecule has 2 aliphatic heterocycles. The predicted molar refractivity (Wildman–Crippen MR) is 277 cm³/mol. The smallest absolute Gasteiger partial charge is 0.270 e. The van der Waals surface area contributed by atoms with Crippen molar-refractivity contribution < 1.29 is 47.4 Å². The van der Waals surface area contributed by atoms with Crippen molar-refractivity contribution >= 4 is 56.1 Å². The summed E-state index contributed by atoms with van der Waals surface area (Å²) in [6.45, 7) is 10.5. The number of hydrogen-bond acceptors (Lipinski definition) is 15. The molecule has 73 heavy (non-hydrogen) atoms. The van der Waals surface area contributed by atoms with Crippen LogP contribution in [0.5, 0.6) is 11.6 Å². The van der Waals surface area contributed by atoms with Crippen molar-refractivity contribution in [2.24, 2.45) is 5.92 Å². The Kier molecular flexibility index (Phi) is 19.5. The second-order valence-corrected chi connectivity index (χ2v) is 20.2. The molecule has 4 aromatic heterocycles. The molecular formula is C53H73N9O10S. The number of likely N-dealkylation sites (N-methyl/N-ethyl adjacent to an activating group) is 2. The molecule has 1 saturated carbocycles. The Labute approximate surface area is 431 Å². The number of fused-ring (bicyclic) bond motifs is 2. The van der Waals surface area contributed by atoms with E-state index in [1.165, 1.54) is 0 Å². The first-order valence-electron chi connectivity index (χ1n) is 26.0. The average Bonchev–Trinajstić information content (AvgIpc) is 4.16. The highest BCUT2D eigenvalue weighted by Crippen LogP contribution is 2.32. The molecule has 20 heteroatoms. The lowest BCUT2D eigenvalue weighted by molar-refractivity contribution is -0.140. The lowest BCUT2D eigenvalue weighted by Crippen LogP contribution is -2.59. The molecule has 0 bridgehead atoms. The molecule has 5 aromatic rings. The van der Waals surface area contributed by atoms with Gasteiger partial charge in [-0.15, -0.1) is 11.3 Å². The molecule has 4 amide bonds. The highest BCUT2D eigenvalue weighted by Gasteiger charge is 2.37. The van der Waals surface area contributed by atoms with E-state index < -0.39 is 12.1 Å². The number of aryl methyl sites for hydroxylation is 1. The van der Waals surface area contributed by atoms with E-state index >= 15 is 0 Å². The molecule has 2 atom stereocenters. The van der Waals surface area contributed by atoms with Crippen LogP contribution in [0.3, 0.4) is 0 Å². The van der Waals surface area contributed by atoms with Crippen molar-refractivity contribution in [1.29, 1.82) is 0 Å². The van der Waals surface area contributed by atoms with Crippen LogP contribution in [0.25, 0.3) is 21.1 Å². The second-order valence-electron chi connectivity index (χ2n) is 19.3. The van der Waals surface area contributed by atoms with Gasteiger partial charge >= 0.3 is 0 Å². The first-order chi connectivity index (χ1) is 35.6. The zero-order valence-electron chi connectivity index (χ0n) is 42.9. The third kappa shape index (κ3) is 14.2. The molecule has 3 aliphatic rings. The van der Waals surface area contributed by atoms with Crippen LogP contribution >= 0.6 is 11.3 Å². The number of piperidine rings is 1. The number of hydrogen-bond donors (Lipinski definition) is 2. The molecule has 19 nitrogen and oxygen atoms in total. The van der Waals surface area contributed by atoms with Gasteiger partial charge in [0.25, 0.3) is 11.8 Å². The monoisotopic (exact) mass is 1030 g/mol. The summed E-state index contributed by atoms with van der Waals surface area (Å²) < 4.78 is 37.7. The SMILES string of the molecule is CN[C@@H](C)C(=O)NC(C(=O)N1CCN(C(=O)c2c(C)c3ccccc3n2CC(=O)N(C)CCOCCOCCOCCOc2cc(CN3CCC(Oc4ccnc5ccsc45)CC3)on2)CC1)C1CCCCC1. The highest BCUT2D eigenvalue weighted by atomic mass is 32.1. The number of amides is 4. The van der Waals surface area contributed by atoms with E-state index in [0.717, 1.165) is 96.2 Å². The summed E-state index contributed by atoms with van der Waals surface area (Å²) in [6.07, 6.45) is 8.86. The molecular weight excluding hydrogens is 955 g/mol. The third-order valence-corrected chi connectivity index (χ3v) is 15.3. The number of thiophene rings is 1. The predicted octanol–water partition coefficient (Wildman–Crippen LogP) is 5.14. The maximum atomic E-state index is 14.4. The molecule has 2 N–H and O–H groups in total. The summed E-state index contributed by atoms with van der Waals surface area (Å²) in [5.74, 6) is 1.59. The summed E-state index contributed by atoms with van der Waals surface area (Å²) in [7, 11) is 3.46. The normalized spacial score (nSPS) is 17.0. The Morgan fingerprint density at radius 3 is 2.30 bits per heavy atom. The quantitative estimate of drug-likeness (QED) is 0.0730. The van der Waals surface area contributed by atoms with Crippen LogP contribution < -0.4 is 20.1 Å². The van der Waals surface area contributed by atoms with Crippen molar-refractivity contribution in [1.82, 2.24) is 44.9 Å². The van der Waals surface area contributed by atoms with Crippen LogP contribution in [0.15, 0.2) is 58.6 Å². The van der Waals surface area contributed by atoms with Gasteiger partial charge in [0, 0.05) is 76.0 Å². The summed E-state index contributed by atoms with van der Waals surface area (Å²) in [5, 5.41) is 13.0. The van der Waals surface area contributed by atoms with Crippen LogP contribution in [-0.2, 0) is 41.7 Å². The first-order valence-corrected chi connectivity index (χ1v) is 26.9. The minimum atomic E-state index is -0.590. The first kappa shape index (κ1) is 53.6. The van der Waals surface area contributed by atoms with Crippen LogP contribution in [0.2, 0.25) is 0 Å². The van der Waals surface area contributed by atoms with Crippen LogP contribution in [0.4, 0.5) is 0 Å². The maximum Gasteiger partial charge on any atom is 0.270 e. The van der Waals surface area contributed by atoms with Crippen molar-refractivity contribution in [2.45, 2.75) is 90.1 Å². The number of aromatic nitrogens is 3. The molecule has 3 fully saturated rings. The fraction of sp³-hybridized carbons (Fsp3) is 0.585. The van der Waals surface area contributed by atoms with E-state index in [9.17, 15) is 19.2 Å². The highest BCUT2D eigenvalue weighted by molar-refractivity contribution is 7.17. The Balaban J connectivity index is 0.691. The topological polar surface area (TPSA) is 195 Å². The van der Waals surface area contributed by atoms with Gasteiger partial charge in [0.05, 0.1) is 62.4 Å². The fourth-order valence-electron chi connectivity index (χ4n) is 9.94. The number of likely N-dealkylation sites (tertiary alicyclic amines) is 1. The van der Waals surface area contributed by atoms with Gasteiger partial charge in [0.15, 0.2) is 5.76 Å². The average molecular weight is 1030 g/mol. The summed E-state index contributed by atoms with van der Waals surface area (Å²) in [4.78, 5) is 67.0. The number of carbonyl (C=O) groups excluding carboxylic acids is 4. The van der Waals surface area contributed by atoms with E-state index in [0.29, 0.717) is 97.1 Å². The van der Waals surface area contributed by atoms with E-state index in [2.05, 4.69) is 25.7 Å². The summed E-state index contributed by atoms with van der Waals surface area (Å²) in [6, 6.07) is 12.5. The number of carbonyl (C=O) groups is 4. The Morgan fingerprint density at radius 2 is 1.56 bits per heavy atom. The molecule has 8 rings (SSSR count). The minimum Gasteiger partial charge on any atom is -0.489 e. The third-order valence-electron chi connectivity index (χ3n) is 14.4. The minimum absolute atomic E-state index is 0.0182. The lowest BCUT2D eigenvalue weighted by atomic mass is 9.83. The van der Waals surface area contributed by atoms with Gasteiger partial charge in [-0.25, -0.2) is 0 Å².